The van der Waals surface area contributed by atoms with E-state index >= 15 is 0 Å². The maximum Gasteiger partial charge on any atom is 0.253 e. The lowest BCUT2D eigenvalue weighted by Crippen LogP contribution is -2.38. The predicted molar refractivity (Wildman–Crippen MR) is 124 cm³/mol. The molecule has 1 unspecified atom stereocenters. The number of guanidine groups is 1. The van der Waals surface area contributed by atoms with Gasteiger partial charge >= 0.3 is 0 Å². The maximum absolute atomic E-state index is 12.3. The topological polar surface area (TPSA) is 84.0 Å². The standard InChI is InChI=1S/C24H38N4O3/c1-2-25-24(26-14-8-16-30-21-11-4-3-5-12-21)27-18-19-9-6-10-20(17-19)28-23(29)22-13-7-15-31-22/h6,9-10,17,21-22H,2-5,7-8,11-16,18H2,1H3,(H,28,29)(H2,25,26,27). The van der Waals surface area contributed by atoms with E-state index in [9.17, 15) is 4.79 Å². The number of benzene rings is 1. The molecule has 1 heterocycles. The minimum atomic E-state index is -0.326. The number of aliphatic imine (C=N–C) groups is 1. The van der Waals surface area contributed by atoms with Crippen LogP contribution in [-0.2, 0) is 20.8 Å². The summed E-state index contributed by atoms with van der Waals surface area (Å²) in [6, 6.07) is 7.83. The molecule has 1 aromatic carbocycles. The second-order valence-corrected chi connectivity index (χ2v) is 8.30. The van der Waals surface area contributed by atoms with Crippen LogP contribution in [0.4, 0.5) is 5.69 Å². The van der Waals surface area contributed by atoms with Crippen LogP contribution in [0.25, 0.3) is 0 Å². The zero-order valence-corrected chi connectivity index (χ0v) is 18.8. The molecule has 1 aliphatic carbocycles. The van der Waals surface area contributed by atoms with Gasteiger partial charge in [-0.3, -0.25) is 4.79 Å². The summed E-state index contributed by atoms with van der Waals surface area (Å²) in [6.07, 6.45) is 9.23. The van der Waals surface area contributed by atoms with Crippen molar-refractivity contribution in [2.24, 2.45) is 4.99 Å². The van der Waals surface area contributed by atoms with Gasteiger partial charge in [0.15, 0.2) is 5.96 Å². The summed E-state index contributed by atoms with van der Waals surface area (Å²) in [5.41, 5.74) is 1.83. The fourth-order valence-corrected chi connectivity index (χ4v) is 4.03. The summed E-state index contributed by atoms with van der Waals surface area (Å²) in [5, 5.41) is 9.63. The van der Waals surface area contributed by atoms with Gasteiger partial charge in [0.2, 0.25) is 0 Å². The van der Waals surface area contributed by atoms with Gasteiger partial charge in [-0.25, -0.2) is 4.99 Å². The molecule has 172 valence electrons. The van der Waals surface area contributed by atoms with Crippen molar-refractivity contribution in [3.63, 3.8) is 0 Å². The molecule has 0 aromatic heterocycles. The Morgan fingerprint density at radius 2 is 2.03 bits per heavy atom. The maximum atomic E-state index is 12.3. The minimum Gasteiger partial charge on any atom is -0.378 e. The molecule has 0 bridgehead atoms. The van der Waals surface area contributed by atoms with Gasteiger partial charge in [0, 0.05) is 32.0 Å². The van der Waals surface area contributed by atoms with Crippen LogP contribution in [0, 0.1) is 0 Å². The highest BCUT2D eigenvalue weighted by atomic mass is 16.5. The predicted octanol–water partition coefficient (Wildman–Crippen LogP) is 3.60. The van der Waals surface area contributed by atoms with Crippen molar-refractivity contribution in [3.05, 3.63) is 29.8 Å². The number of ether oxygens (including phenoxy) is 2. The smallest absolute Gasteiger partial charge is 0.253 e. The molecule has 1 amide bonds. The number of anilines is 1. The fraction of sp³-hybridized carbons (Fsp3) is 0.667. The highest BCUT2D eigenvalue weighted by Crippen LogP contribution is 2.20. The summed E-state index contributed by atoms with van der Waals surface area (Å²) in [7, 11) is 0. The number of nitrogens with one attached hydrogen (secondary N) is 3. The Kier molecular flexibility index (Phi) is 10.1. The molecule has 2 aliphatic rings. The normalized spacial score (nSPS) is 19.9. The molecule has 2 fully saturated rings. The van der Waals surface area contributed by atoms with Crippen molar-refractivity contribution in [1.82, 2.24) is 10.6 Å². The number of hydrogen-bond acceptors (Lipinski definition) is 4. The van der Waals surface area contributed by atoms with Crippen LogP contribution in [0.5, 0.6) is 0 Å². The molecule has 1 saturated carbocycles. The lowest BCUT2D eigenvalue weighted by molar-refractivity contribution is -0.124. The summed E-state index contributed by atoms with van der Waals surface area (Å²) in [5.74, 6) is 0.734. The molecule has 1 aromatic rings. The number of rotatable bonds is 10. The quantitative estimate of drug-likeness (QED) is 0.300. The van der Waals surface area contributed by atoms with E-state index in [0.29, 0.717) is 19.3 Å². The van der Waals surface area contributed by atoms with Crippen LogP contribution in [0.15, 0.2) is 29.3 Å². The number of nitrogens with zero attached hydrogens (tertiary/aromatic N) is 1. The molecule has 1 saturated heterocycles. The fourth-order valence-electron chi connectivity index (χ4n) is 4.03. The Hall–Kier alpha value is -2.12. The van der Waals surface area contributed by atoms with Crippen LogP contribution in [0.1, 0.15) is 63.9 Å². The highest BCUT2D eigenvalue weighted by molar-refractivity contribution is 5.94. The summed E-state index contributed by atoms with van der Waals surface area (Å²) in [4.78, 5) is 16.9. The van der Waals surface area contributed by atoms with Crippen molar-refractivity contribution in [3.8, 4) is 0 Å². The van der Waals surface area contributed by atoms with Crippen LogP contribution in [0.2, 0.25) is 0 Å². The first-order valence-corrected chi connectivity index (χ1v) is 11.9. The lowest BCUT2D eigenvalue weighted by Gasteiger charge is -2.22. The molecule has 3 N–H and O–H groups in total. The lowest BCUT2D eigenvalue weighted by atomic mass is 9.98. The van der Waals surface area contributed by atoms with Crippen molar-refractivity contribution < 1.29 is 14.3 Å². The van der Waals surface area contributed by atoms with E-state index < -0.39 is 0 Å². The number of carbonyl (C=O) groups excluding carboxylic acids is 1. The van der Waals surface area contributed by atoms with Gasteiger partial charge in [-0.15, -0.1) is 0 Å². The number of amides is 1. The van der Waals surface area contributed by atoms with Crippen molar-refractivity contribution >= 4 is 17.6 Å². The Morgan fingerprint density at radius 1 is 1.16 bits per heavy atom. The van der Waals surface area contributed by atoms with Gasteiger partial charge in [-0.05, 0) is 56.7 Å². The van der Waals surface area contributed by atoms with Crippen molar-refractivity contribution in [2.45, 2.75) is 77.0 Å². The van der Waals surface area contributed by atoms with Gasteiger partial charge in [0.25, 0.3) is 5.91 Å². The van der Waals surface area contributed by atoms with Crippen LogP contribution in [-0.4, -0.2) is 50.4 Å². The summed E-state index contributed by atoms with van der Waals surface area (Å²) < 4.78 is 11.4. The zero-order chi connectivity index (χ0) is 21.7. The SMILES string of the molecule is CCNC(=NCc1cccc(NC(=O)C2CCCO2)c1)NCCCOC1CCCCC1. The third-order valence-corrected chi connectivity index (χ3v) is 5.70. The molecule has 1 atom stereocenters. The van der Waals surface area contributed by atoms with E-state index in [1.165, 1.54) is 32.1 Å². The van der Waals surface area contributed by atoms with E-state index in [-0.39, 0.29) is 12.0 Å². The van der Waals surface area contributed by atoms with Gasteiger partial charge in [-0.2, -0.15) is 0 Å². The molecule has 0 spiro atoms. The molecule has 7 heteroatoms. The number of carbonyl (C=O) groups is 1. The molecule has 1 aliphatic heterocycles. The van der Waals surface area contributed by atoms with E-state index in [1.54, 1.807) is 0 Å². The Balaban J connectivity index is 1.41. The Bertz CT molecular complexity index is 698. The largest absolute Gasteiger partial charge is 0.378 e. The van der Waals surface area contributed by atoms with Gasteiger partial charge in [0.05, 0.1) is 12.6 Å². The van der Waals surface area contributed by atoms with Crippen LogP contribution < -0.4 is 16.0 Å². The van der Waals surface area contributed by atoms with Crippen LogP contribution >= 0.6 is 0 Å². The highest BCUT2D eigenvalue weighted by Gasteiger charge is 2.23. The van der Waals surface area contributed by atoms with E-state index in [0.717, 1.165) is 56.2 Å². The summed E-state index contributed by atoms with van der Waals surface area (Å²) in [6.45, 7) is 5.70. The average Bonchev–Trinajstić information content (AvgIpc) is 3.33. The third-order valence-electron chi connectivity index (χ3n) is 5.70. The molecule has 7 nitrogen and oxygen atoms in total. The molecule has 3 rings (SSSR count). The number of hydrogen-bond donors (Lipinski definition) is 3. The summed E-state index contributed by atoms with van der Waals surface area (Å²) >= 11 is 0. The van der Waals surface area contributed by atoms with E-state index in [2.05, 4.69) is 27.9 Å². The molecular formula is C24H38N4O3. The van der Waals surface area contributed by atoms with E-state index in [4.69, 9.17) is 9.47 Å². The van der Waals surface area contributed by atoms with Gasteiger partial charge < -0.3 is 25.4 Å². The zero-order valence-electron chi connectivity index (χ0n) is 18.8. The third kappa shape index (κ3) is 8.50. The average molecular weight is 431 g/mol. The Labute approximate surface area is 186 Å². The first-order valence-electron chi connectivity index (χ1n) is 11.9. The Morgan fingerprint density at radius 3 is 2.81 bits per heavy atom. The van der Waals surface area contributed by atoms with Crippen molar-refractivity contribution in [1.29, 1.82) is 0 Å². The van der Waals surface area contributed by atoms with Crippen LogP contribution in [0.3, 0.4) is 0 Å². The first kappa shape index (κ1) is 23.5. The van der Waals surface area contributed by atoms with E-state index in [1.807, 2.05) is 24.3 Å². The molecular weight excluding hydrogens is 392 g/mol. The second-order valence-electron chi connectivity index (χ2n) is 8.30. The first-order chi connectivity index (χ1) is 15.2. The second kappa shape index (κ2) is 13.3. The minimum absolute atomic E-state index is 0.0661. The van der Waals surface area contributed by atoms with Gasteiger partial charge in [0.1, 0.15) is 6.10 Å². The monoisotopic (exact) mass is 430 g/mol. The van der Waals surface area contributed by atoms with Gasteiger partial charge in [-0.1, -0.05) is 31.4 Å². The molecule has 31 heavy (non-hydrogen) atoms. The van der Waals surface area contributed by atoms with Crippen molar-refractivity contribution in [2.75, 3.05) is 31.6 Å². The molecule has 0 radical (unpaired) electrons.